The predicted octanol–water partition coefficient (Wildman–Crippen LogP) is 6.35. The molecule has 7 heteroatoms. The van der Waals surface area contributed by atoms with Crippen molar-refractivity contribution >= 4 is 17.6 Å². The van der Waals surface area contributed by atoms with Crippen LogP contribution in [0.2, 0.25) is 0 Å². The number of carbonyl (C=O) groups excluding carboxylic acids is 2. The zero-order valence-corrected chi connectivity index (χ0v) is 19.6. The molecule has 1 N–H and O–H groups in total. The van der Waals surface area contributed by atoms with Crippen molar-refractivity contribution in [3.63, 3.8) is 0 Å². The van der Waals surface area contributed by atoms with E-state index in [1.165, 1.54) is 94.9 Å². The first-order valence-corrected chi connectivity index (χ1v) is 12.2. The highest BCUT2D eigenvalue weighted by Gasteiger charge is 2.11. The van der Waals surface area contributed by atoms with E-state index < -0.39 is 16.8 Å². The second kappa shape index (κ2) is 18.2. The van der Waals surface area contributed by atoms with Crippen molar-refractivity contribution < 1.29 is 19.2 Å². The number of hydrogen-bond donors (Lipinski definition) is 1. The molecule has 32 heavy (non-hydrogen) atoms. The number of benzene rings is 1. The van der Waals surface area contributed by atoms with E-state index in [0.29, 0.717) is 6.61 Å². The van der Waals surface area contributed by atoms with Gasteiger partial charge in [0.1, 0.15) is 6.54 Å². The molecule has 0 radical (unpaired) electrons. The Balaban J connectivity index is 1.92. The molecule has 0 fully saturated rings. The van der Waals surface area contributed by atoms with E-state index in [9.17, 15) is 19.7 Å². The SMILES string of the molecule is CCCCCCCCCCCCCCCCOC(=O)CNC(=O)c1ccc([N+](=O)[O-])cc1. The van der Waals surface area contributed by atoms with E-state index in [1.807, 2.05) is 0 Å². The van der Waals surface area contributed by atoms with E-state index in [2.05, 4.69) is 12.2 Å². The minimum atomic E-state index is -0.531. The van der Waals surface area contributed by atoms with Gasteiger partial charge in [-0.15, -0.1) is 0 Å². The van der Waals surface area contributed by atoms with Crippen LogP contribution < -0.4 is 5.32 Å². The smallest absolute Gasteiger partial charge is 0.325 e. The highest BCUT2D eigenvalue weighted by molar-refractivity contribution is 5.96. The first kappa shape index (κ1) is 27.6. The number of nitrogens with one attached hydrogen (secondary N) is 1. The minimum absolute atomic E-state index is 0.0888. The number of rotatable bonds is 19. The van der Waals surface area contributed by atoms with Crippen LogP contribution >= 0.6 is 0 Å². The fourth-order valence-corrected chi connectivity index (χ4v) is 3.52. The van der Waals surface area contributed by atoms with Crippen molar-refractivity contribution in [3.05, 3.63) is 39.9 Å². The Bertz CT molecular complexity index is 661. The van der Waals surface area contributed by atoms with Crippen LogP contribution in [0.15, 0.2) is 24.3 Å². The van der Waals surface area contributed by atoms with Gasteiger partial charge >= 0.3 is 5.97 Å². The Morgan fingerprint density at radius 2 is 1.28 bits per heavy atom. The number of hydrogen-bond acceptors (Lipinski definition) is 5. The summed E-state index contributed by atoms with van der Waals surface area (Å²) < 4.78 is 5.14. The fraction of sp³-hybridized carbons (Fsp3) is 0.680. The second-order valence-corrected chi connectivity index (χ2v) is 8.30. The lowest BCUT2D eigenvalue weighted by atomic mass is 10.0. The highest BCUT2D eigenvalue weighted by Crippen LogP contribution is 2.13. The molecular weight excluding hydrogens is 408 g/mol. The van der Waals surface area contributed by atoms with Crippen molar-refractivity contribution in [1.82, 2.24) is 5.32 Å². The van der Waals surface area contributed by atoms with Crippen molar-refractivity contribution in [1.29, 1.82) is 0 Å². The Kier molecular flexibility index (Phi) is 15.7. The molecule has 0 atom stereocenters. The Morgan fingerprint density at radius 1 is 0.812 bits per heavy atom. The Labute approximate surface area is 192 Å². The highest BCUT2D eigenvalue weighted by atomic mass is 16.6. The van der Waals surface area contributed by atoms with Crippen LogP contribution in [0.3, 0.4) is 0 Å². The molecule has 0 aliphatic rings. The number of nitro groups is 1. The van der Waals surface area contributed by atoms with Crippen LogP contribution in [0, 0.1) is 10.1 Å². The normalized spacial score (nSPS) is 10.7. The Hall–Kier alpha value is -2.44. The van der Waals surface area contributed by atoms with Gasteiger partial charge < -0.3 is 10.1 Å². The van der Waals surface area contributed by atoms with Gasteiger partial charge in [-0.25, -0.2) is 0 Å². The van der Waals surface area contributed by atoms with Gasteiger partial charge in [0.15, 0.2) is 0 Å². The van der Waals surface area contributed by atoms with Gasteiger partial charge in [0.25, 0.3) is 11.6 Å². The van der Waals surface area contributed by atoms with Crippen molar-refractivity contribution in [2.75, 3.05) is 13.2 Å². The van der Waals surface area contributed by atoms with Crippen molar-refractivity contribution in [3.8, 4) is 0 Å². The van der Waals surface area contributed by atoms with Crippen LogP contribution in [0.1, 0.15) is 107 Å². The van der Waals surface area contributed by atoms with Crippen LogP contribution in [-0.2, 0) is 9.53 Å². The molecule has 0 spiro atoms. The maximum atomic E-state index is 12.0. The van der Waals surface area contributed by atoms with E-state index in [1.54, 1.807) is 0 Å². The first-order chi connectivity index (χ1) is 15.5. The molecule has 0 aromatic heterocycles. The molecular formula is C25H40N2O5. The lowest BCUT2D eigenvalue weighted by Gasteiger charge is -2.07. The Morgan fingerprint density at radius 3 is 1.75 bits per heavy atom. The van der Waals surface area contributed by atoms with Gasteiger partial charge in [0.05, 0.1) is 11.5 Å². The number of unbranched alkanes of at least 4 members (excludes halogenated alkanes) is 13. The zero-order chi connectivity index (χ0) is 23.4. The van der Waals surface area contributed by atoms with Gasteiger partial charge in [0.2, 0.25) is 0 Å². The van der Waals surface area contributed by atoms with Crippen LogP contribution in [0.4, 0.5) is 5.69 Å². The lowest BCUT2D eigenvalue weighted by Crippen LogP contribution is -2.30. The average Bonchev–Trinajstić information content (AvgIpc) is 2.80. The van der Waals surface area contributed by atoms with Gasteiger partial charge in [-0.1, -0.05) is 90.4 Å². The maximum absolute atomic E-state index is 12.0. The molecule has 0 saturated carbocycles. The predicted molar refractivity (Wildman–Crippen MR) is 127 cm³/mol. The molecule has 0 saturated heterocycles. The largest absolute Gasteiger partial charge is 0.464 e. The second-order valence-electron chi connectivity index (χ2n) is 8.30. The number of amides is 1. The van der Waals surface area contributed by atoms with Gasteiger partial charge in [0, 0.05) is 17.7 Å². The fourth-order valence-electron chi connectivity index (χ4n) is 3.52. The summed E-state index contributed by atoms with van der Waals surface area (Å²) in [5.74, 6) is -0.941. The van der Waals surface area contributed by atoms with Crippen LogP contribution in [-0.4, -0.2) is 30.0 Å². The standard InChI is InChI=1S/C25H40N2O5/c1-2-3-4-5-6-7-8-9-10-11-12-13-14-15-20-32-24(28)21-26-25(29)22-16-18-23(19-17-22)27(30)31/h16-19H,2-15,20-21H2,1H3,(H,26,29). The van der Waals surface area contributed by atoms with Crippen molar-refractivity contribution in [2.24, 2.45) is 0 Å². The molecule has 0 aliphatic carbocycles. The third-order valence-electron chi connectivity index (χ3n) is 5.49. The lowest BCUT2D eigenvalue weighted by molar-refractivity contribution is -0.384. The van der Waals surface area contributed by atoms with Crippen molar-refractivity contribution in [2.45, 2.75) is 96.8 Å². The molecule has 0 bridgehead atoms. The van der Waals surface area contributed by atoms with Gasteiger partial charge in [-0.05, 0) is 18.6 Å². The topological polar surface area (TPSA) is 98.5 Å². The monoisotopic (exact) mass is 448 g/mol. The summed E-state index contributed by atoms with van der Waals surface area (Å²) in [7, 11) is 0. The molecule has 180 valence electrons. The molecule has 0 aliphatic heterocycles. The van der Waals surface area contributed by atoms with Crippen LogP contribution in [0.25, 0.3) is 0 Å². The van der Waals surface area contributed by atoms with E-state index in [-0.39, 0.29) is 17.8 Å². The molecule has 7 nitrogen and oxygen atoms in total. The maximum Gasteiger partial charge on any atom is 0.325 e. The van der Waals surface area contributed by atoms with Crippen LogP contribution in [0.5, 0.6) is 0 Å². The van der Waals surface area contributed by atoms with E-state index >= 15 is 0 Å². The first-order valence-electron chi connectivity index (χ1n) is 12.2. The summed E-state index contributed by atoms with van der Waals surface area (Å²) in [5.41, 5.74) is 0.171. The third-order valence-corrected chi connectivity index (χ3v) is 5.49. The number of nitro benzene ring substituents is 1. The van der Waals surface area contributed by atoms with Gasteiger partial charge in [-0.3, -0.25) is 19.7 Å². The number of ether oxygens (including phenoxy) is 1. The molecule has 1 rings (SSSR count). The van der Waals surface area contributed by atoms with Gasteiger partial charge in [-0.2, -0.15) is 0 Å². The molecule has 0 heterocycles. The summed E-state index contributed by atoms with van der Waals surface area (Å²) >= 11 is 0. The number of carbonyl (C=O) groups is 2. The molecule has 1 aromatic rings. The summed E-state index contributed by atoms with van der Waals surface area (Å²) in [4.78, 5) is 33.8. The molecule has 1 amide bonds. The number of nitrogens with zero attached hydrogens (tertiary/aromatic N) is 1. The van der Waals surface area contributed by atoms with E-state index in [4.69, 9.17) is 4.74 Å². The quantitative estimate of drug-likeness (QED) is 0.115. The summed E-state index contributed by atoms with van der Waals surface area (Å²) in [6.07, 6.45) is 17.8. The molecule has 0 unspecified atom stereocenters. The summed E-state index contributed by atoms with van der Waals surface area (Å²) in [5, 5.41) is 13.1. The molecule has 1 aromatic carbocycles. The van der Waals surface area contributed by atoms with E-state index in [0.717, 1.165) is 19.3 Å². The number of non-ortho nitro benzene ring substituents is 1. The minimum Gasteiger partial charge on any atom is -0.464 e. The number of esters is 1. The average molecular weight is 449 g/mol. The summed E-state index contributed by atoms with van der Waals surface area (Å²) in [6, 6.07) is 5.21. The third kappa shape index (κ3) is 13.8. The summed E-state index contributed by atoms with van der Waals surface area (Å²) in [6.45, 7) is 2.40. The zero-order valence-electron chi connectivity index (χ0n) is 19.6.